The molecule has 0 spiro atoms. The Kier molecular flexibility index (Phi) is 6.32. The molecule has 1 heterocycles. The van der Waals surface area contributed by atoms with Crippen LogP contribution in [-0.4, -0.2) is 33.6 Å². The van der Waals surface area contributed by atoms with Crippen LogP contribution in [0.25, 0.3) is 0 Å². The molecule has 8 heteroatoms. The maximum absolute atomic E-state index is 13.3. The SMILES string of the molecule is CCOc1cccc(NC(=O)C2CN(S(=O)(=O)Cc3ccccc3)c3ccccc3O2)c1. The molecule has 1 aliphatic rings. The first-order valence-electron chi connectivity index (χ1n) is 10.3. The molecule has 0 radical (unpaired) electrons. The predicted molar refractivity (Wildman–Crippen MR) is 124 cm³/mol. The fourth-order valence-electron chi connectivity index (χ4n) is 3.52. The average Bonchev–Trinajstić information content (AvgIpc) is 2.79. The lowest BCUT2D eigenvalue weighted by atomic mass is 10.2. The lowest BCUT2D eigenvalue weighted by Gasteiger charge is -2.34. The summed E-state index contributed by atoms with van der Waals surface area (Å²) >= 11 is 0. The Morgan fingerprint density at radius 2 is 1.81 bits per heavy atom. The standard InChI is InChI=1S/C24H24N2O5S/c1-2-30-20-12-8-11-19(15-20)25-24(27)23-16-26(21-13-6-7-14-22(21)31-23)32(28,29)17-18-9-4-3-5-10-18/h3-15,23H,2,16-17H2,1H3,(H,25,27). The molecule has 0 fully saturated rings. The molecule has 0 aromatic heterocycles. The fraction of sp³-hybridized carbons (Fsp3) is 0.208. The van der Waals surface area contributed by atoms with E-state index >= 15 is 0 Å². The predicted octanol–water partition coefficient (Wildman–Crippen LogP) is 3.82. The van der Waals surface area contributed by atoms with Crippen molar-refractivity contribution in [3.05, 3.63) is 84.4 Å². The van der Waals surface area contributed by atoms with Crippen molar-refractivity contribution in [2.24, 2.45) is 0 Å². The number of rotatable bonds is 7. The molecule has 3 aromatic carbocycles. The highest BCUT2D eigenvalue weighted by atomic mass is 32.2. The number of para-hydroxylation sites is 2. The molecule has 1 N–H and O–H groups in total. The first kappa shape index (κ1) is 21.7. The van der Waals surface area contributed by atoms with Crippen LogP contribution < -0.4 is 19.1 Å². The molecule has 1 amide bonds. The molecule has 7 nitrogen and oxygen atoms in total. The van der Waals surface area contributed by atoms with E-state index in [1.807, 2.05) is 13.0 Å². The van der Waals surface area contributed by atoms with Crippen molar-refractivity contribution < 1.29 is 22.7 Å². The monoisotopic (exact) mass is 452 g/mol. The van der Waals surface area contributed by atoms with Crippen molar-refractivity contribution in [1.82, 2.24) is 0 Å². The van der Waals surface area contributed by atoms with E-state index in [1.165, 1.54) is 4.31 Å². The topological polar surface area (TPSA) is 84.9 Å². The summed E-state index contributed by atoms with van der Waals surface area (Å²) < 4.78 is 39.2. The lowest BCUT2D eigenvalue weighted by molar-refractivity contribution is -0.122. The van der Waals surface area contributed by atoms with Gasteiger partial charge in [0.1, 0.15) is 11.5 Å². The summed E-state index contributed by atoms with van der Waals surface area (Å²) in [5, 5.41) is 2.80. The Balaban J connectivity index is 1.58. The zero-order chi connectivity index (χ0) is 22.6. The average molecular weight is 453 g/mol. The van der Waals surface area contributed by atoms with E-state index < -0.39 is 22.0 Å². The molecule has 4 rings (SSSR count). The number of anilines is 2. The smallest absolute Gasteiger partial charge is 0.267 e. The van der Waals surface area contributed by atoms with Crippen molar-refractivity contribution in [2.45, 2.75) is 18.8 Å². The van der Waals surface area contributed by atoms with Crippen molar-refractivity contribution in [2.75, 3.05) is 22.8 Å². The summed E-state index contributed by atoms with van der Waals surface area (Å²) in [4.78, 5) is 13.0. The molecule has 166 valence electrons. The number of sulfonamides is 1. The zero-order valence-electron chi connectivity index (χ0n) is 17.6. The first-order chi connectivity index (χ1) is 15.5. The number of nitrogens with one attached hydrogen (secondary N) is 1. The minimum absolute atomic E-state index is 0.122. The number of hydrogen-bond acceptors (Lipinski definition) is 5. The summed E-state index contributed by atoms with van der Waals surface area (Å²) in [6.07, 6.45) is -1.01. The molecular weight excluding hydrogens is 428 g/mol. The summed E-state index contributed by atoms with van der Waals surface area (Å²) in [6, 6.07) is 22.8. The highest BCUT2D eigenvalue weighted by Gasteiger charge is 2.36. The van der Waals surface area contributed by atoms with Gasteiger partial charge in [-0.3, -0.25) is 9.10 Å². The van der Waals surface area contributed by atoms with Crippen LogP contribution >= 0.6 is 0 Å². The van der Waals surface area contributed by atoms with Crippen LogP contribution in [0.2, 0.25) is 0 Å². The van der Waals surface area contributed by atoms with Gasteiger partial charge in [0.2, 0.25) is 10.0 Å². The zero-order valence-corrected chi connectivity index (χ0v) is 18.4. The molecule has 0 saturated heterocycles. The van der Waals surface area contributed by atoms with Gasteiger partial charge in [-0.15, -0.1) is 0 Å². The summed E-state index contributed by atoms with van der Waals surface area (Å²) in [5.74, 6) is 0.367. The van der Waals surface area contributed by atoms with Gasteiger partial charge in [0.25, 0.3) is 5.91 Å². The van der Waals surface area contributed by atoms with Gasteiger partial charge < -0.3 is 14.8 Å². The van der Waals surface area contributed by atoms with Crippen molar-refractivity contribution in [3.8, 4) is 11.5 Å². The minimum Gasteiger partial charge on any atom is -0.494 e. The first-order valence-corrected chi connectivity index (χ1v) is 11.9. The van der Waals surface area contributed by atoms with Gasteiger partial charge in [-0.05, 0) is 36.8 Å². The quantitative estimate of drug-likeness (QED) is 0.589. The Bertz CT molecular complexity index is 1200. The van der Waals surface area contributed by atoms with Crippen molar-refractivity contribution in [3.63, 3.8) is 0 Å². The van der Waals surface area contributed by atoms with E-state index in [9.17, 15) is 13.2 Å². The number of nitrogens with zero attached hydrogens (tertiary/aromatic N) is 1. The third-order valence-corrected chi connectivity index (χ3v) is 6.68. The van der Waals surface area contributed by atoms with Gasteiger partial charge in [0, 0.05) is 11.8 Å². The van der Waals surface area contributed by atoms with Gasteiger partial charge in [0.05, 0.1) is 24.6 Å². The number of ether oxygens (including phenoxy) is 2. The second-order valence-electron chi connectivity index (χ2n) is 7.30. The van der Waals surface area contributed by atoms with Crippen LogP contribution in [0.1, 0.15) is 12.5 Å². The lowest BCUT2D eigenvalue weighted by Crippen LogP contribution is -2.49. The van der Waals surface area contributed by atoms with E-state index in [1.54, 1.807) is 72.8 Å². The maximum atomic E-state index is 13.3. The number of fused-ring (bicyclic) bond motifs is 1. The number of carbonyl (C=O) groups is 1. The number of carbonyl (C=O) groups excluding carboxylic acids is 1. The van der Waals surface area contributed by atoms with E-state index in [0.29, 0.717) is 35.0 Å². The van der Waals surface area contributed by atoms with Gasteiger partial charge in [-0.2, -0.15) is 0 Å². The van der Waals surface area contributed by atoms with Gasteiger partial charge in [-0.1, -0.05) is 48.5 Å². The highest BCUT2D eigenvalue weighted by Crippen LogP contribution is 2.36. The Morgan fingerprint density at radius 1 is 1.06 bits per heavy atom. The summed E-state index contributed by atoms with van der Waals surface area (Å²) in [6.45, 7) is 2.26. The molecule has 0 saturated carbocycles. The van der Waals surface area contributed by atoms with Crippen molar-refractivity contribution >= 4 is 27.3 Å². The summed E-state index contributed by atoms with van der Waals surface area (Å²) in [5.41, 5.74) is 1.64. The summed E-state index contributed by atoms with van der Waals surface area (Å²) in [7, 11) is -3.75. The Morgan fingerprint density at radius 3 is 2.59 bits per heavy atom. The van der Waals surface area contributed by atoms with Gasteiger partial charge in [-0.25, -0.2) is 8.42 Å². The molecule has 1 aliphatic heterocycles. The second kappa shape index (κ2) is 9.32. The molecule has 0 bridgehead atoms. The Labute approximate surface area is 187 Å². The normalized spacial score (nSPS) is 15.4. The van der Waals surface area contributed by atoms with E-state index in [2.05, 4.69) is 5.32 Å². The highest BCUT2D eigenvalue weighted by molar-refractivity contribution is 7.92. The van der Waals surface area contributed by atoms with E-state index in [4.69, 9.17) is 9.47 Å². The molecule has 3 aromatic rings. The Hall–Kier alpha value is -3.52. The van der Waals surface area contributed by atoms with Gasteiger partial charge in [0.15, 0.2) is 6.10 Å². The van der Waals surface area contributed by atoms with E-state index in [-0.39, 0.29) is 12.3 Å². The third-order valence-electron chi connectivity index (χ3n) is 4.97. The van der Waals surface area contributed by atoms with Crippen LogP contribution in [0.5, 0.6) is 11.5 Å². The molecule has 1 atom stereocenters. The van der Waals surface area contributed by atoms with Crippen LogP contribution in [0.3, 0.4) is 0 Å². The molecule has 32 heavy (non-hydrogen) atoms. The minimum atomic E-state index is -3.75. The second-order valence-corrected chi connectivity index (χ2v) is 9.19. The molecule has 1 unspecified atom stereocenters. The largest absolute Gasteiger partial charge is 0.494 e. The van der Waals surface area contributed by atoms with Crippen LogP contribution in [0.15, 0.2) is 78.9 Å². The van der Waals surface area contributed by atoms with Crippen molar-refractivity contribution in [1.29, 1.82) is 0 Å². The van der Waals surface area contributed by atoms with E-state index in [0.717, 1.165) is 0 Å². The molecule has 0 aliphatic carbocycles. The number of benzene rings is 3. The van der Waals surface area contributed by atoms with Crippen LogP contribution in [0.4, 0.5) is 11.4 Å². The number of amides is 1. The van der Waals surface area contributed by atoms with Crippen LogP contribution in [-0.2, 0) is 20.6 Å². The van der Waals surface area contributed by atoms with Crippen LogP contribution in [0, 0.1) is 0 Å². The number of hydrogen-bond donors (Lipinski definition) is 1. The molecular formula is C24H24N2O5S. The third kappa shape index (κ3) is 4.86. The maximum Gasteiger partial charge on any atom is 0.267 e. The fourth-order valence-corrected chi connectivity index (χ4v) is 5.10. The van der Waals surface area contributed by atoms with Gasteiger partial charge >= 0.3 is 0 Å².